The van der Waals surface area contributed by atoms with Gasteiger partial charge in [0.1, 0.15) is 0 Å². The highest BCUT2D eigenvalue weighted by Gasteiger charge is 2.12. The molecule has 1 aromatic heterocycles. The second kappa shape index (κ2) is 6.22. The van der Waals surface area contributed by atoms with Gasteiger partial charge in [0.05, 0.1) is 0 Å². The first kappa shape index (κ1) is 12.6. The van der Waals surface area contributed by atoms with E-state index in [9.17, 15) is 4.79 Å². The summed E-state index contributed by atoms with van der Waals surface area (Å²) in [6.45, 7) is 4.50. The number of hydrogen-bond acceptors (Lipinski definition) is 5. The SMILES string of the molecule is CC(C)C(N)CC(=O)NCCc1ncon1. The van der Waals surface area contributed by atoms with E-state index in [2.05, 4.69) is 20.0 Å². The van der Waals surface area contributed by atoms with Crippen LogP contribution in [0, 0.1) is 5.92 Å². The largest absolute Gasteiger partial charge is 0.356 e. The molecule has 0 saturated carbocycles. The molecule has 0 radical (unpaired) electrons. The first-order valence-corrected chi connectivity index (χ1v) is 5.37. The second-order valence-corrected chi connectivity index (χ2v) is 4.06. The van der Waals surface area contributed by atoms with Gasteiger partial charge in [0.25, 0.3) is 0 Å². The normalized spacial score (nSPS) is 12.8. The maximum Gasteiger partial charge on any atom is 0.221 e. The second-order valence-electron chi connectivity index (χ2n) is 4.06. The van der Waals surface area contributed by atoms with E-state index < -0.39 is 0 Å². The van der Waals surface area contributed by atoms with Gasteiger partial charge in [0.2, 0.25) is 12.3 Å². The maximum atomic E-state index is 11.4. The van der Waals surface area contributed by atoms with Crippen molar-refractivity contribution in [3.05, 3.63) is 12.2 Å². The van der Waals surface area contributed by atoms with Crippen LogP contribution in [0.4, 0.5) is 0 Å². The molecular formula is C10H18N4O2. The van der Waals surface area contributed by atoms with E-state index in [1.165, 1.54) is 6.39 Å². The Balaban J connectivity index is 2.15. The standard InChI is InChI=1S/C10H18N4O2/c1-7(2)8(11)5-10(15)12-4-3-9-13-6-16-14-9/h6-8H,3-5,11H2,1-2H3,(H,12,15). The number of carbonyl (C=O) groups is 1. The first-order chi connectivity index (χ1) is 7.59. The van der Waals surface area contributed by atoms with Gasteiger partial charge in [-0.15, -0.1) is 0 Å². The lowest BCUT2D eigenvalue weighted by Gasteiger charge is -2.14. The Kier molecular flexibility index (Phi) is 4.91. The summed E-state index contributed by atoms with van der Waals surface area (Å²) in [4.78, 5) is 15.3. The summed E-state index contributed by atoms with van der Waals surface area (Å²) < 4.78 is 4.57. The van der Waals surface area contributed by atoms with Crippen LogP contribution in [0.25, 0.3) is 0 Å². The van der Waals surface area contributed by atoms with Crippen molar-refractivity contribution < 1.29 is 9.32 Å². The molecule has 0 aliphatic rings. The van der Waals surface area contributed by atoms with Gasteiger partial charge in [-0.1, -0.05) is 19.0 Å². The van der Waals surface area contributed by atoms with Crippen molar-refractivity contribution >= 4 is 5.91 Å². The highest BCUT2D eigenvalue weighted by Crippen LogP contribution is 2.02. The van der Waals surface area contributed by atoms with E-state index >= 15 is 0 Å². The van der Waals surface area contributed by atoms with Crippen LogP contribution in [-0.4, -0.2) is 28.6 Å². The summed E-state index contributed by atoms with van der Waals surface area (Å²) in [5.41, 5.74) is 5.78. The number of aromatic nitrogens is 2. The molecule has 90 valence electrons. The lowest BCUT2D eigenvalue weighted by atomic mass is 10.0. The van der Waals surface area contributed by atoms with Gasteiger partial charge in [-0.25, -0.2) is 0 Å². The molecule has 0 aliphatic heterocycles. The Morgan fingerprint density at radius 3 is 2.94 bits per heavy atom. The molecule has 1 heterocycles. The lowest BCUT2D eigenvalue weighted by molar-refractivity contribution is -0.121. The number of hydrogen-bond donors (Lipinski definition) is 2. The molecule has 0 aliphatic carbocycles. The smallest absolute Gasteiger partial charge is 0.221 e. The number of nitrogens with one attached hydrogen (secondary N) is 1. The highest BCUT2D eigenvalue weighted by atomic mass is 16.5. The monoisotopic (exact) mass is 226 g/mol. The van der Waals surface area contributed by atoms with Crippen LogP contribution in [0.5, 0.6) is 0 Å². The summed E-state index contributed by atoms with van der Waals surface area (Å²) in [7, 11) is 0. The van der Waals surface area contributed by atoms with Crippen molar-refractivity contribution in [2.45, 2.75) is 32.7 Å². The number of nitrogens with zero attached hydrogens (tertiary/aromatic N) is 2. The average molecular weight is 226 g/mol. The highest BCUT2D eigenvalue weighted by molar-refractivity contribution is 5.76. The van der Waals surface area contributed by atoms with E-state index in [0.29, 0.717) is 31.1 Å². The Labute approximate surface area is 94.6 Å². The summed E-state index contributed by atoms with van der Waals surface area (Å²) in [5, 5.41) is 6.41. The molecule has 0 saturated heterocycles. The Bertz CT molecular complexity index is 311. The minimum Gasteiger partial charge on any atom is -0.356 e. The van der Waals surface area contributed by atoms with Crippen molar-refractivity contribution in [3.63, 3.8) is 0 Å². The van der Waals surface area contributed by atoms with Crippen molar-refractivity contribution in [1.82, 2.24) is 15.5 Å². The molecule has 0 fully saturated rings. The average Bonchev–Trinajstić information content (AvgIpc) is 2.70. The molecular weight excluding hydrogens is 208 g/mol. The maximum absolute atomic E-state index is 11.4. The van der Waals surface area contributed by atoms with Gasteiger partial charge in [-0.05, 0) is 5.92 Å². The zero-order chi connectivity index (χ0) is 12.0. The third-order valence-corrected chi connectivity index (χ3v) is 2.36. The van der Waals surface area contributed by atoms with Crippen LogP contribution < -0.4 is 11.1 Å². The van der Waals surface area contributed by atoms with Crippen molar-refractivity contribution in [2.24, 2.45) is 11.7 Å². The first-order valence-electron chi connectivity index (χ1n) is 5.37. The Morgan fingerprint density at radius 2 is 2.38 bits per heavy atom. The van der Waals surface area contributed by atoms with Crippen LogP contribution >= 0.6 is 0 Å². The molecule has 1 amide bonds. The van der Waals surface area contributed by atoms with Gasteiger partial charge in [0, 0.05) is 25.4 Å². The van der Waals surface area contributed by atoms with Gasteiger partial charge >= 0.3 is 0 Å². The molecule has 6 heteroatoms. The fourth-order valence-corrected chi connectivity index (χ4v) is 1.14. The van der Waals surface area contributed by atoms with Crippen LogP contribution in [0.3, 0.4) is 0 Å². The number of amides is 1. The fourth-order valence-electron chi connectivity index (χ4n) is 1.14. The van der Waals surface area contributed by atoms with Crippen molar-refractivity contribution in [1.29, 1.82) is 0 Å². The van der Waals surface area contributed by atoms with E-state index in [-0.39, 0.29) is 11.9 Å². The number of rotatable bonds is 6. The molecule has 16 heavy (non-hydrogen) atoms. The zero-order valence-corrected chi connectivity index (χ0v) is 9.64. The minimum absolute atomic E-state index is 0.0373. The molecule has 0 aromatic carbocycles. The van der Waals surface area contributed by atoms with Crippen LogP contribution in [0.1, 0.15) is 26.1 Å². The quantitative estimate of drug-likeness (QED) is 0.717. The summed E-state index contributed by atoms with van der Waals surface area (Å²) in [5.74, 6) is 0.862. The zero-order valence-electron chi connectivity index (χ0n) is 9.64. The predicted molar refractivity (Wildman–Crippen MR) is 58.4 cm³/mol. The summed E-state index contributed by atoms with van der Waals surface area (Å²) in [6.07, 6.45) is 2.19. The molecule has 0 spiro atoms. The summed E-state index contributed by atoms with van der Waals surface area (Å²) >= 11 is 0. The number of carbonyl (C=O) groups excluding carboxylic acids is 1. The molecule has 1 atom stereocenters. The molecule has 0 bridgehead atoms. The third-order valence-electron chi connectivity index (χ3n) is 2.36. The van der Waals surface area contributed by atoms with E-state index in [1.54, 1.807) is 0 Å². The van der Waals surface area contributed by atoms with Gasteiger partial charge < -0.3 is 15.6 Å². The van der Waals surface area contributed by atoms with E-state index in [4.69, 9.17) is 5.73 Å². The Morgan fingerprint density at radius 1 is 1.62 bits per heavy atom. The van der Waals surface area contributed by atoms with Gasteiger partial charge in [-0.3, -0.25) is 4.79 Å². The molecule has 3 N–H and O–H groups in total. The third kappa shape index (κ3) is 4.39. The predicted octanol–water partition coefficient (Wildman–Crippen LogP) is 0.102. The fraction of sp³-hybridized carbons (Fsp3) is 0.700. The summed E-state index contributed by atoms with van der Waals surface area (Å²) in [6, 6.07) is -0.0924. The van der Waals surface area contributed by atoms with E-state index in [0.717, 1.165) is 0 Å². The number of nitrogens with two attached hydrogens (primary N) is 1. The molecule has 1 unspecified atom stereocenters. The molecule has 1 aromatic rings. The van der Waals surface area contributed by atoms with Crippen LogP contribution in [0.2, 0.25) is 0 Å². The van der Waals surface area contributed by atoms with Gasteiger partial charge in [0.15, 0.2) is 5.82 Å². The van der Waals surface area contributed by atoms with Crippen molar-refractivity contribution in [3.8, 4) is 0 Å². The minimum atomic E-state index is -0.0924. The Hall–Kier alpha value is -1.43. The van der Waals surface area contributed by atoms with E-state index in [1.807, 2.05) is 13.8 Å². The lowest BCUT2D eigenvalue weighted by Crippen LogP contribution is -2.35. The topological polar surface area (TPSA) is 94.0 Å². The van der Waals surface area contributed by atoms with Crippen LogP contribution in [0.15, 0.2) is 10.9 Å². The molecule has 6 nitrogen and oxygen atoms in total. The van der Waals surface area contributed by atoms with Crippen molar-refractivity contribution in [2.75, 3.05) is 6.54 Å². The van der Waals surface area contributed by atoms with Gasteiger partial charge in [-0.2, -0.15) is 4.98 Å². The molecule has 1 rings (SSSR count). The van der Waals surface area contributed by atoms with Crippen LogP contribution in [-0.2, 0) is 11.2 Å².